The summed E-state index contributed by atoms with van der Waals surface area (Å²) in [5.74, 6) is -2.25. The molecule has 0 aliphatic rings. The molecule has 0 spiro atoms. The zero-order valence-corrected chi connectivity index (χ0v) is 20.6. The first-order valence-electron chi connectivity index (χ1n) is 10.3. The third-order valence-corrected chi connectivity index (χ3v) is 5.98. The highest BCUT2D eigenvalue weighted by Gasteiger charge is 2.22. The Hall–Kier alpha value is -3.62. The molecule has 172 valence electrons. The average Bonchev–Trinajstić information content (AvgIpc) is 3.15. The number of halogens is 2. The number of carbonyl (C=O) groups excluding carboxylic acids is 3. The minimum absolute atomic E-state index is 0.170. The van der Waals surface area contributed by atoms with Crippen LogP contribution in [-0.4, -0.2) is 22.4 Å². The van der Waals surface area contributed by atoms with Gasteiger partial charge in [0.2, 0.25) is 0 Å². The van der Waals surface area contributed by atoms with Gasteiger partial charge in [-0.3, -0.25) is 19.8 Å². The molecule has 0 bridgehead atoms. The average molecular weight is 540 g/mol. The summed E-state index contributed by atoms with van der Waals surface area (Å²) in [5.41, 5.74) is 6.19. The fraction of sp³-hybridized carbons (Fsp3) is 0.0800. The van der Waals surface area contributed by atoms with Crippen molar-refractivity contribution >= 4 is 67.5 Å². The van der Waals surface area contributed by atoms with Crippen molar-refractivity contribution in [2.75, 3.05) is 16.1 Å². The molecule has 34 heavy (non-hydrogen) atoms. The van der Waals surface area contributed by atoms with E-state index in [0.717, 1.165) is 15.6 Å². The highest BCUT2D eigenvalue weighted by atomic mass is 79.9. The van der Waals surface area contributed by atoms with Gasteiger partial charge in [0.05, 0.1) is 5.52 Å². The van der Waals surface area contributed by atoms with Gasteiger partial charge in [0.15, 0.2) is 0 Å². The molecule has 0 aliphatic heterocycles. The number of aromatic nitrogens is 1. The summed E-state index contributed by atoms with van der Waals surface area (Å²) in [6.45, 7) is 3.80. The van der Waals surface area contributed by atoms with E-state index in [9.17, 15) is 14.4 Å². The molecular weight excluding hydrogens is 520 g/mol. The van der Waals surface area contributed by atoms with Gasteiger partial charge < -0.3 is 10.6 Å². The molecule has 0 atom stereocenters. The third kappa shape index (κ3) is 4.98. The van der Waals surface area contributed by atoms with E-state index in [1.54, 1.807) is 42.5 Å². The van der Waals surface area contributed by atoms with Crippen LogP contribution in [0.5, 0.6) is 0 Å². The Morgan fingerprint density at radius 3 is 2.21 bits per heavy atom. The number of rotatable bonds is 4. The minimum Gasteiger partial charge on any atom is -0.320 e. The predicted octanol–water partition coefficient (Wildman–Crippen LogP) is 5.64. The Kier molecular flexibility index (Phi) is 6.72. The van der Waals surface area contributed by atoms with Crippen molar-refractivity contribution in [2.45, 2.75) is 13.8 Å². The Bertz CT molecular complexity index is 1410. The molecule has 3 N–H and O–H groups in total. The molecular formula is C25H20BrClN4O3. The van der Waals surface area contributed by atoms with E-state index in [2.05, 4.69) is 32.0 Å². The van der Waals surface area contributed by atoms with E-state index in [1.165, 1.54) is 4.68 Å². The Labute approximate surface area is 209 Å². The van der Waals surface area contributed by atoms with Crippen LogP contribution in [0.3, 0.4) is 0 Å². The Morgan fingerprint density at radius 1 is 0.853 bits per heavy atom. The molecule has 0 unspecified atom stereocenters. The van der Waals surface area contributed by atoms with Gasteiger partial charge in [0, 0.05) is 26.3 Å². The lowest BCUT2D eigenvalue weighted by molar-refractivity contribution is -0.133. The monoisotopic (exact) mass is 538 g/mol. The highest BCUT2D eigenvalue weighted by molar-refractivity contribution is 9.10. The van der Waals surface area contributed by atoms with Gasteiger partial charge >= 0.3 is 11.8 Å². The molecule has 0 fully saturated rings. The summed E-state index contributed by atoms with van der Waals surface area (Å²) in [5, 5.41) is 6.65. The number of benzene rings is 3. The number of para-hydroxylation sites is 1. The van der Waals surface area contributed by atoms with Crippen LogP contribution in [0.4, 0.5) is 11.4 Å². The van der Waals surface area contributed by atoms with Crippen LogP contribution >= 0.6 is 27.5 Å². The van der Waals surface area contributed by atoms with Gasteiger partial charge in [-0.25, -0.2) is 4.68 Å². The van der Waals surface area contributed by atoms with E-state index in [0.29, 0.717) is 27.3 Å². The second-order valence-electron chi connectivity index (χ2n) is 7.69. The number of anilines is 2. The first-order chi connectivity index (χ1) is 16.2. The summed E-state index contributed by atoms with van der Waals surface area (Å²) >= 11 is 9.28. The Morgan fingerprint density at radius 2 is 1.53 bits per heavy atom. The zero-order chi connectivity index (χ0) is 24.4. The van der Waals surface area contributed by atoms with Crippen LogP contribution in [0.1, 0.15) is 21.6 Å². The van der Waals surface area contributed by atoms with Crippen LogP contribution in [0.15, 0.2) is 71.2 Å². The molecule has 0 radical (unpaired) electrons. The molecule has 3 amide bonds. The number of amides is 3. The smallest absolute Gasteiger partial charge is 0.320 e. The van der Waals surface area contributed by atoms with E-state index < -0.39 is 17.7 Å². The molecule has 7 nitrogen and oxygen atoms in total. The van der Waals surface area contributed by atoms with Gasteiger partial charge in [-0.05, 0) is 73.5 Å². The largest absolute Gasteiger partial charge is 0.328 e. The molecule has 4 rings (SSSR count). The van der Waals surface area contributed by atoms with Crippen molar-refractivity contribution in [1.29, 1.82) is 0 Å². The van der Waals surface area contributed by atoms with Crippen molar-refractivity contribution in [2.24, 2.45) is 0 Å². The van der Waals surface area contributed by atoms with E-state index in [4.69, 9.17) is 11.6 Å². The molecule has 0 saturated heterocycles. The molecule has 1 aromatic heterocycles. The van der Waals surface area contributed by atoms with Crippen LogP contribution in [0, 0.1) is 13.8 Å². The number of fused-ring (bicyclic) bond motifs is 1. The van der Waals surface area contributed by atoms with Crippen LogP contribution in [0.2, 0.25) is 5.02 Å². The number of aryl methyl sites for hydroxylation is 2. The van der Waals surface area contributed by atoms with Gasteiger partial charge in [-0.15, -0.1) is 0 Å². The maximum Gasteiger partial charge on any atom is 0.328 e. The fourth-order valence-corrected chi connectivity index (χ4v) is 4.04. The maximum absolute atomic E-state index is 13.3. The Balaban J connectivity index is 1.65. The van der Waals surface area contributed by atoms with Gasteiger partial charge in [-0.1, -0.05) is 45.7 Å². The number of nitrogens with one attached hydrogen (secondary N) is 3. The van der Waals surface area contributed by atoms with Crippen molar-refractivity contribution in [3.05, 3.63) is 93.0 Å². The second kappa shape index (κ2) is 9.70. The third-order valence-electron chi connectivity index (χ3n) is 5.24. The first-order valence-corrected chi connectivity index (χ1v) is 11.5. The van der Waals surface area contributed by atoms with Crippen molar-refractivity contribution in [1.82, 2.24) is 4.68 Å². The van der Waals surface area contributed by atoms with Gasteiger partial charge in [0.1, 0.15) is 5.69 Å². The summed E-state index contributed by atoms with van der Waals surface area (Å²) in [6.07, 6.45) is 0. The number of hydrogen-bond donors (Lipinski definition) is 3. The molecule has 0 aliphatic carbocycles. The summed E-state index contributed by atoms with van der Waals surface area (Å²) in [4.78, 5) is 38.5. The topological polar surface area (TPSA) is 92.2 Å². The molecule has 4 aromatic rings. The SMILES string of the molecule is Cc1cccc(C)c1NC(=O)c1cc2cc(Br)ccc2n1NC(=O)C(=O)Nc1ccc(Cl)cc1. The van der Waals surface area contributed by atoms with E-state index in [1.807, 2.05) is 38.1 Å². The standard InChI is InChI=1S/C25H20BrClN4O3/c1-14-4-3-5-15(2)22(14)29-23(32)21-13-16-12-17(26)6-11-20(16)31(21)30-25(34)24(33)28-19-9-7-18(27)8-10-19/h3-13H,1-2H3,(H,28,33)(H,29,32)(H,30,34). The number of carbonyl (C=O) groups is 3. The normalized spacial score (nSPS) is 10.7. The predicted molar refractivity (Wildman–Crippen MR) is 138 cm³/mol. The van der Waals surface area contributed by atoms with Crippen molar-refractivity contribution in [3.8, 4) is 0 Å². The van der Waals surface area contributed by atoms with Crippen LogP contribution in [0.25, 0.3) is 10.9 Å². The number of hydrogen-bond acceptors (Lipinski definition) is 3. The minimum atomic E-state index is -0.934. The van der Waals surface area contributed by atoms with Crippen molar-refractivity contribution in [3.63, 3.8) is 0 Å². The van der Waals surface area contributed by atoms with Gasteiger partial charge in [0.25, 0.3) is 5.91 Å². The highest BCUT2D eigenvalue weighted by Crippen LogP contribution is 2.25. The van der Waals surface area contributed by atoms with Crippen LogP contribution in [-0.2, 0) is 9.59 Å². The zero-order valence-electron chi connectivity index (χ0n) is 18.3. The molecule has 0 saturated carbocycles. The van der Waals surface area contributed by atoms with Gasteiger partial charge in [-0.2, -0.15) is 0 Å². The van der Waals surface area contributed by atoms with E-state index in [-0.39, 0.29) is 5.69 Å². The summed E-state index contributed by atoms with van der Waals surface area (Å²) in [7, 11) is 0. The first kappa shape index (κ1) is 23.5. The lowest BCUT2D eigenvalue weighted by atomic mass is 10.1. The number of nitrogens with zero attached hydrogens (tertiary/aromatic N) is 1. The quantitative estimate of drug-likeness (QED) is 0.293. The van der Waals surface area contributed by atoms with E-state index >= 15 is 0 Å². The molecule has 3 aromatic carbocycles. The lowest BCUT2D eigenvalue weighted by Crippen LogP contribution is -2.36. The fourth-order valence-electron chi connectivity index (χ4n) is 3.54. The molecule has 9 heteroatoms. The second-order valence-corrected chi connectivity index (χ2v) is 9.04. The van der Waals surface area contributed by atoms with Crippen LogP contribution < -0.4 is 16.1 Å². The maximum atomic E-state index is 13.3. The lowest BCUT2D eigenvalue weighted by Gasteiger charge is -2.14. The summed E-state index contributed by atoms with van der Waals surface area (Å²) < 4.78 is 2.12. The summed E-state index contributed by atoms with van der Waals surface area (Å²) in [6, 6.07) is 19.1. The van der Waals surface area contributed by atoms with Crippen molar-refractivity contribution < 1.29 is 14.4 Å². The molecule has 1 heterocycles.